The smallest absolute Gasteiger partial charge is 0.0752 e. The SMILES string of the molecule is C1=CC2=C(CC1)N(c1ccccc1)c1ccccc1C21c2cc(N(c3ccccc3)c3ccccc3)c3ccccc3c2-c2c1cc(N(c1ccccc1)c1ccccc1)c1ccccc21. The van der Waals surface area contributed by atoms with Crippen molar-refractivity contribution in [2.45, 2.75) is 18.3 Å². The van der Waals surface area contributed by atoms with Gasteiger partial charge in [-0.1, -0.05) is 170 Å². The average Bonchev–Trinajstić information content (AvgIpc) is 3.68. The van der Waals surface area contributed by atoms with Gasteiger partial charge in [-0.25, -0.2) is 0 Å². The Labute approximate surface area is 386 Å². The van der Waals surface area contributed by atoms with E-state index in [9.17, 15) is 0 Å². The van der Waals surface area contributed by atoms with Gasteiger partial charge in [-0.15, -0.1) is 0 Å². The van der Waals surface area contributed by atoms with Gasteiger partial charge in [0, 0.05) is 44.9 Å². The Morgan fingerprint density at radius 1 is 0.379 bits per heavy atom. The summed E-state index contributed by atoms with van der Waals surface area (Å²) in [4.78, 5) is 7.49. The molecule has 2 aliphatic carbocycles. The predicted octanol–water partition coefficient (Wildman–Crippen LogP) is 17.0. The third-order valence-electron chi connectivity index (χ3n) is 14.0. The first kappa shape index (κ1) is 38.1. The predicted molar refractivity (Wildman–Crippen MR) is 277 cm³/mol. The highest BCUT2D eigenvalue weighted by Gasteiger charge is 2.54. The van der Waals surface area contributed by atoms with Crippen molar-refractivity contribution in [1.82, 2.24) is 0 Å². The molecule has 0 fully saturated rings. The normalized spacial score (nSPS) is 14.2. The summed E-state index contributed by atoms with van der Waals surface area (Å²) in [5.74, 6) is 0. The van der Waals surface area contributed by atoms with E-state index < -0.39 is 5.41 Å². The molecule has 3 aliphatic rings. The van der Waals surface area contributed by atoms with Gasteiger partial charge >= 0.3 is 0 Å². The number of hydrogen-bond donors (Lipinski definition) is 0. The van der Waals surface area contributed by atoms with Crippen LogP contribution in [0, 0.1) is 0 Å². The van der Waals surface area contributed by atoms with Gasteiger partial charge in [0.1, 0.15) is 0 Å². The first-order valence-corrected chi connectivity index (χ1v) is 23.1. The second-order valence-corrected chi connectivity index (χ2v) is 17.5. The molecule has 10 aromatic rings. The average molecular weight is 844 g/mol. The zero-order valence-electron chi connectivity index (χ0n) is 36.4. The molecule has 1 heterocycles. The van der Waals surface area contributed by atoms with Crippen molar-refractivity contribution in [3.8, 4) is 11.1 Å². The van der Waals surface area contributed by atoms with E-state index in [2.05, 4.69) is 263 Å². The molecule has 13 rings (SSSR count). The zero-order valence-corrected chi connectivity index (χ0v) is 36.4. The van der Waals surface area contributed by atoms with E-state index in [1.807, 2.05) is 0 Å². The van der Waals surface area contributed by atoms with E-state index in [1.54, 1.807) is 0 Å². The summed E-state index contributed by atoms with van der Waals surface area (Å²) in [5, 5.41) is 4.90. The third-order valence-corrected chi connectivity index (χ3v) is 14.0. The fraction of sp³-hybridized carbons (Fsp3) is 0.0476. The second kappa shape index (κ2) is 15.4. The molecule has 312 valence electrons. The molecule has 0 radical (unpaired) electrons. The van der Waals surface area contributed by atoms with Crippen LogP contribution in [0.1, 0.15) is 29.5 Å². The van der Waals surface area contributed by atoms with Crippen LogP contribution in [-0.4, -0.2) is 0 Å². The summed E-state index contributed by atoms with van der Waals surface area (Å²) in [5.41, 5.74) is 17.6. The maximum atomic E-state index is 2.57. The fourth-order valence-electron chi connectivity index (χ4n) is 11.5. The lowest BCUT2D eigenvalue weighted by Crippen LogP contribution is -2.39. The van der Waals surface area contributed by atoms with Crippen LogP contribution in [0.15, 0.2) is 260 Å². The molecule has 0 bridgehead atoms. The van der Waals surface area contributed by atoms with E-state index in [1.165, 1.54) is 72.0 Å². The molecule has 0 amide bonds. The summed E-state index contributed by atoms with van der Waals surface area (Å²) in [6, 6.07) is 87.1. The molecule has 3 nitrogen and oxygen atoms in total. The van der Waals surface area contributed by atoms with Gasteiger partial charge in [-0.3, -0.25) is 0 Å². The largest absolute Gasteiger partial charge is 0.314 e. The maximum Gasteiger partial charge on any atom is 0.0752 e. The Morgan fingerprint density at radius 2 is 0.773 bits per heavy atom. The minimum Gasteiger partial charge on any atom is -0.314 e. The highest BCUT2D eigenvalue weighted by atomic mass is 15.2. The van der Waals surface area contributed by atoms with Gasteiger partial charge in [0.05, 0.1) is 22.5 Å². The number of allylic oxidation sites excluding steroid dienone is 4. The fourth-order valence-corrected chi connectivity index (χ4v) is 11.5. The molecule has 3 heteroatoms. The molecule has 0 N–H and O–H groups in total. The molecular weight excluding hydrogens is 799 g/mol. The van der Waals surface area contributed by atoms with E-state index in [0.717, 1.165) is 47.0 Å². The summed E-state index contributed by atoms with van der Waals surface area (Å²) < 4.78 is 0. The van der Waals surface area contributed by atoms with Crippen molar-refractivity contribution in [2.75, 3.05) is 14.7 Å². The van der Waals surface area contributed by atoms with Crippen molar-refractivity contribution in [2.24, 2.45) is 0 Å². The number of nitrogens with zero attached hydrogens (tertiary/aromatic N) is 3. The summed E-state index contributed by atoms with van der Waals surface area (Å²) >= 11 is 0. The van der Waals surface area contributed by atoms with Gasteiger partial charge in [0.25, 0.3) is 0 Å². The molecule has 0 unspecified atom stereocenters. The van der Waals surface area contributed by atoms with Crippen LogP contribution in [0.3, 0.4) is 0 Å². The molecule has 1 aliphatic heterocycles. The van der Waals surface area contributed by atoms with E-state index >= 15 is 0 Å². The highest BCUT2D eigenvalue weighted by molar-refractivity contribution is 6.19. The second-order valence-electron chi connectivity index (χ2n) is 17.5. The lowest BCUT2D eigenvalue weighted by atomic mass is 9.62. The Balaban J connectivity index is 1.23. The maximum absolute atomic E-state index is 2.57. The van der Waals surface area contributed by atoms with Crippen LogP contribution < -0.4 is 14.7 Å². The summed E-state index contributed by atoms with van der Waals surface area (Å²) in [6.07, 6.45) is 6.78. The lowest BCUT2D eigenvalue weighted by molar-refractivity contribution is 0.703. The van der Waals surface area contributed by atoms with Crippen LogP contribution >= 0.6 is 0 Å². The third kappa shape index (κ3) is 5.63. The van der Waals surface area contributed by atoms with Crippen molar-refractivity contribution in [1.29, 1.82) is 0 Å². The van der Waals surface area contributed by atoms with Crippen LogP contribution in [-0.2, 0) is 5.41 Å². The van der Waals surface area contributed by atoms with Crippen LogP contribution in [0.4, 0.5) is 45.5 Å². The molecule has 1 spiro atoms. The first-order chi connectivity index (χ1) is 32.8. The Morgan fingerprint density at radius 3 is 1.24 bits per heavy atom. The first-order valence-electron chi connectivity index (χ1n) is 23.1. The molecule has 0 aromatic heterocycles. The molecular formula is C63H45N3. The quantitative estimate of drug-likeness (QED) is 0.158. The number of anilines is 8. The summed E-state index contributed by atoms with van der Waals surface area (Å²) in [6.45, 7) is 0. The Bertz CT molecular complexity index is 3270. The van der Waals surface area contributed by atoms with E-state index in [4.69, 9.17) is 0 Å². The number of para-hydroxylation sites is 6. The van der Waals surface area contributed by atoms with Crippen molar-refractivity contribution in [3.05, 3.63) is 277 Å². The van der Waals surface area contributed by atoms with Crippen molar-refractivity contribution in [3.63, 3.8) is 0 Å². The Kier molecular flexibility index (Phi) is 8.89. The Hall–Kier alpha value is -8.40. The van der Waals surface area contributed by atoms with Gasteiger partial charge in [-0.05, 0) is 136 Å². The molecule has 10 aromatic carbocycles. The topological polar surface area (TPSA) is 9.72 Å². The molecule has 66 heavy (non-hydrogen) atoms. The highest BCUT2D eigenvalue weighted by Crippen LogP contribution is 2.67. The van der Waals surface area contributed by atoms with E-state index in [0.29, 0.717) is 0 Å². The number of hydrogen-bond acceptors (Lipinski definition) is 3. The monoisotopic (exact) mass is 843 g/mol. The van der Waals surface area contributed by atoms with Gasteiger partial charge < -0.3 is 14.7 Å². The van der Waals surface area contributed by atoms with E-state index in [-0.39, 0.29) is 0 Å². The zero-order chi connectivity index (χ0) is 43.6. The molecule has 0 saturated carbocycles. The molecule has 0 saturated heterocycles. The van der Waals surface area contributed by atoms with Crippen LogP contribution in [0.2, 0.25) is 0 Å². The van der Waals surface area contributed by atoms with Gasteiger partial charge in [-0.2, -0.15) is 0 Å². The van der Waals surface area contributed by atoms with Crippen LogP contribution in [0.25, 0.3) is 32.7 Å². The summed E-state index contributed by atoms with van der Waals surface area (Å²) in [7, 11) is 0. The van der Waals surface area contributed by atoms with Gasteiger partial charge in [0.2, 0.25) is 0 Å². The van der Waals surface area contributed by atoms with Crippen molar-refractivity contribution < 1.29 is 0 Å². The minimum atomic E-state index is -0.700. The molecule has 0 atom stereocenters. The van der Waals surface area contributed by atoms with Gasteiger partial charge in [0.15, 0.2) is 0 Å². The lowest BCUT2D eigenvalue weighted by Gasteiger charge is -2.47. The number of rotatable bonds is 7. The van der Waals surface area contributed by atoms with Crippen LogP contribution in [0.5, 0.6) is 0 Å². The number of benzene rings is 10. The minimum absolute atomic E-state index is 0.700. The standard InChI is InChI=1S/C63H45N3/c1-6-24-44(25-7-1)64(45-26-8-2-9-27-45)59-42-55-61(51-36-18-16-34-49(51)59)62-52-37-19-17-35-50(52)60(65(46-28-10-3-11-29-46)47-30-12-4-13-31-47)43-56(62)63(55)53-38-20-22-40-57(53)66(48-32-14-5-15-33-48)58-41-23-21-39-54(58)63/h1-22,24-40,42-43H,23,41H2. The van der Waals surface area contributed by atoms with Crippen molar-refractivity contribution >= 4 is 67.0 Å². The number of fused-ring (bicyclic) bond motifs is 12.